The molecule has 0 N–H and O–H groups in total. The van der Waals surface area contributed by atoms with E-state index in [-0.39, 0.29) is 24.9 Å². The van der Waals surface area contributed by atoms with Gasteiger partial charge in [0, 0.05) is 25.2 Å². The highest BCUT2D eigenvalue weighted by Crippen LogP contribution is 2.38. The maximum absolute atomic E-state index is 14.7. The second-order valence-corrected chi connectivity index (χ2v) is 13.3. The molecule has 1 aliphatic heterocycles. The first-order valence-corrected chi connectivity index (χ1v) is 16.6. The third-order valence-electron chi connectivity index (χ3n) is 8.92. The summed E-state index contributed by atoms with van der Waals surface area (Å²) in [7, 11) is 1.60. The van der Waals surface area contributed by atoms with E-state index in [2.05, 4.69) is 4.98 Å². The first-order chi connectivity index (χ1) is 22.7. The van der Waals surface area contributed by atoms with Crippen molar-refractivity contribution in [3.8, 4) is 16.5 Å². The number of para-hydroxylation sites is 1. The lowest BCUT2D eigenvalue weighted by atomic mass is 9.93. The summed E-state index contributed by atoms with van der Waals surface area (Å²) in [5.41, 5.74) is -0.129. The number of ketones is 1. The number of aromatic nitrogens is 3. The molecule has 0 bridgehead atoms. The van der Waals surface area contributed by atoms with Gasteiger partial charge >= 0.3 is 5.69 Å². The summed E-state index contributed by atoms with van der Waals surface area (Å²) in [6.07, 6.45) is 4.40. The van der Waals surface area contributed by atoms with Crippen molar-refractivity contribution in [1.29, 1.82) is 0 Å². The molecule has 2 aromatic carbocycles. The van der Waals surface area contributed by atoms with Crippen LogP contribution < -0.4 is 16.0 Å². The molecule has 6 rings (SSSR count). The Balaban J connectivity index is 1.51. The number of thiophene rings is 1. The monoisotopic (exact) mass is 657 g/mol. The molecule has 0 unspecified atom stereocenters. The molecule has 0 spiro atoms. The lowest BCUT2D eigenvalue weighted by Gasteiger charge is -2.30. The van der Waals surface area contributed by atoms with Crippen LogP contribution in [0.2, 0.25) is 0 Å². The Labute approximate surface area is 276 Å². The third kappa shape index (κ3) is 6.47. The van der Waals surface area contributed by atoms with E-state index in [1.54, 1.807) is 31.7 Å². The molecule has 10 nitrogen and oxygen atoms in total. The van der Waals surface area contributed by atoms with Crippen molar-refractivity contribution in [2.75, 3.05) is 20.3 Å². The highest BCUT2D eigenvalue weighted by Gasteiger charge is 2.36. The van der Waals surface area contributed by atoms with Crippen molar-refractivity contribution in [3.63, 3.8) is 0 Å². The molecule has 0 radical (unpaired) electrons. The van der Waals surface area contributed by atoms with Gasteiger partial charge in [0.05, 0.1) is 36.2 Å². The Morgan fingerprint density at radius 3 is 2.51 bits per heavy atom. The van der Waals surface area contributed by atoms with Crippen LogP contribution in [0.1, 0.15) is 55.9 Å². The molecule has 1 fully saturated rings. The van der Waals surface area contributed by atoms with Crippen molar-refractivity contribution < 1.29 is 23.4 Å². The first-order valence-electron chi connectivity index (χ1n) is 15.8. The molecule has 0 amide bonds. The van der Waals surface area contributed by atoms with Gasteiger partial charge in [-0.3, -0.25) is 14.2 Å². The summed E-state index contributed by atoms with van der Waals surface area (Å²) in [6.45, 7) is 6.35. The number of aryl methyl sites for hydroxylation is 2. The van der Waals surface area contributed by atoms with Gasteiger partial charge in [0.25, 0.3) is 5.56 Å². The average molecular weight is 658 g/mol. The molecule has 0 saturated carbocycles. The van der Waals surface area contributed by atoms with Gasteiger partial charge in [-0.1, -0.05) is 48.5 Å². The van der Waals surface area contributed by atoms with E-state index in [0.29, 0.717) is 64.8 Å². The predicted molar refractivity (Wildman–Crippen MR) is 180 cm³/mol. The highest BCUT2D eigenvalue weighted by molar-refractivity contribution is 7.22. The smallest absolute Gasteiger partial charge is 0.333 e. The topological polar surface area (TPSA) is 115 Å². The van der Waals surface area contributed by atoms with Gasteiger partial charge in [0.15, 0.2) is 5.78 Å². The second kappa shape index (κ2) is 13.8. The Kier molecular flexibility index (Phi) is 9.58. The van der Waals surface area contributed by atoms with Crippen LogP contribution in [-0.2, 0) is 32.8 Å². The molecule has 1 saturated heterocycles. The number of carbonyl (C=O) groups excluding carboxylic acids is 1. The maximum Gasteiger partial charge on any atom is 0.333 e. The van der Waals surface area contributed by atoms with Gasteiger partial charge in [-0.15, -0.1) is 11.3 Å². The average Bonchev–Trinajstić information content (AvgIpc) is 3.74. The molecule has 0 aliphatic carbocycles. The molecule has 3 aromatic heterocycles. The van der Waals surface area contributed by atoms with Crippen molar-refractivity contribution in [2.45, 2.75) is 70.7 Å². The zero-order chi connectivity index (χ0) is 33.1. The fourth-order valence-corrected chi connectivity index (χ4v) is 7.47. The van der Waals surface area contributed by atoms with Gasteiger partial charge in [0.2, 0.25) is 5.89 Å². The van der Waals surface area contributed by atoms with Crippen molar-refractivity contribution in [2.24, 2.45) is 0 Å². The fraction of sp³-hybridized carbons (Fsp3) is 0.389. The van der Waals surface area contributed by atoms with E-state index < -0.39 is 22.9 Å². The number of hydrogen-bond acceptors (Lipinski definition) is 9. The number of nitrogens with zero attached hydrogens (tertiary/aromatic N) is 3. The highest BCUT2D eigenvalue weighted by atomic mass is 32.1. The Morgan fingerprint density at radius 1 is 1.09 bits per heavy atom. The Morgan fingerprint density at radius 2 is 1.81 bits per heavy atom. The van der Waals surface area contributed by atoms with E-state index in [9.17, 15) is 14.4 Å². The number of methoxy groups -OCH3 is 1. The summed E-state index contributed by atoms with van der Waals surface area (Å²) >= 11 is 1.27. The zero-order valence-corrected chi connectivity index (χ0v) is 27.9. The minimum Gasteiger partial charge on any atom is -0.496 e. The number of rotatable bonds is 12. The van der Waals surface area contributed by atoms with E-state index in [1.807, 2.05) is 61.5 Å². The van der Waals surface area contributed by atoms with E-state index in [0.717, 1.165) is 15.7 Å². The van der Waals surface area contributed by atoms with Crippen LogP contribution in [0.3, 0.4) is 0 Å². The van der Waals surface area contributed by atoms with Crippen LogP contribution in [-0.4, -0.2) is 46.3 Å². The van der Waals surface area contributed by atoms with Gasteiger partial charge in [-0.2, -0.15) is 0 Å². The molecule has 246 valence electrons. The fourth-order valence-electron chi connectivity index (χ4n) is 6.23. The SMILES string of the molecule is COc1ccccc1[C@H](Cn1c(=O)n(C(C)(C)C(=O)CCc2ccccc2)c(=O)c2c(C)c(-c3ncco3)sc21)OC1CCOCC1. The number of benzene rings is 2. The zero-order valence-electron chi connectivity index (χ0n) is 27.1. The van der Waals surface area contributed by atoms with Crippen molar-refractivity contribution in [1.82, 2.24) is 14.1 Å². The second-order valence-electron chi connectivity index (χ2n) is 12.3. The molecule has 1 atom stereocenters. The largest absolute Gasteiger partial charge is 0.496 e. The van der Waals surface area contributed by atoms with Gasteiger partial charge < -0.3 is 18.6 Å². The van der Waals surface area contributed by atoms with E-state index >= 15 is 0 Å². The third-order valence-corrected chi connectivity index (χ3v) is 10.2. The van der Waals surface area contributed by atoms with Gasteiger partial charge in [0.1, 0.15) is 28.5 Å². The lowest BCUT2D eigenvalue weighted by molar-refractivity contribution is -0.126. The van der Waals surface area contributed by atoms with Gasteiger partial charge in [-0.05, 0) is 57.2 Å². The number of ether oxygens (including phenoxy) is 3. The molecule has 1 aliphatic rings. The predicted octanol–water partition coefficient (Wildman–Crippen LogP) is 6.07. The van der Waals surface area contributed by atoms with Crippen LogP contribution in [0.15, 0.2) is 81.1 Å². The molecular weight excluding hydrogens is 618 g/mol. The van der Waals surface area contributed by atoms with E-state index in [1.165, 1.54) is 17.6 Å². The minimum absolute atomic E-state index is 0.0760. The Bertz CT molecular complexity index is 1970. The van der Waals surface area contributed by atoms with Gasteiger partial charge in [-0.25, -0.2) is 14.3 Å². The van der Waals surface area contributed by atoms with Crippen molar-refractivity contribution >= 4 is 27.3 Å². The normalized spacial score (nSPS) is 14.8. The molecular formula is C36H39N3O7S. The van der Waals surface area contributed by atoms with Crippen LogP contribution in [0, 0.1) is 6.92 Å². The van der Waals surface area contributed by atoms with E-state index in [4.69, 9.17) is 18.6 Å². The number of fused-ring (bicyclic) bond motifs is 1. The minimum atomic E-state index is -1.43. The summed E-state index contributed by atoms with van der Waals surface area (Å²) in [6, 6.07) is 17.3. The van der Waals surface area contributed by atoms with Crippen molar-refractivity contribution in [3.05, 3.63) is 105 Å². The number of carbonyl (C=O) groups is 1. The standard InChI is InChI=1S/C36H39N3O7S/c1-23-30-33(41)39(36(2,3)29(40)15-14-24-10-6-5-7-11-24)35(42)38(34(30)47-31(23)32-37-18-21-45-32)22-28(46-25-16-19-44-20-17-25)26-12-8-9-13-27(26)43-4/h5-13,18,21,25,28H,14-17,19-20,22H2,1-4H3/t28-/m0/s1. The van der Waals surface area contributed by atoms with Crippen LogP contribution in [0.4, 0.5) is 0 Å². The summed E-state index contributed by atoms with van der Waals surface area (Å²) in [5.74, 6) is 0.764. The maximum atomic E-state index is 14.7. The lowest BCUT2D eigenvalue weighted by Crippen LogP contribution is -2.53. The quantitative estimate of drug-likeness (QED) is 0.159. The Hall–Kier alpha value is -4.32. The molecule has 47 heavy (non-hydrogen) atoms. The van der Waals surface area contributed by atoms with Crippen LogP contribution >= 0.6 is 11.3 Å². The molecule has 4 heterocycles. The number of Topliss-reactive ketones (excluding diaryl/α,β-unsaturated/α-hetero) is 1. The first kappa shape index (κ1) is 32.6. The summed E-state index contributed by atoms with van der Waals surface area (Å²) in [4.78, 5) is 48.4. The molecule has 11 heteroatoms. The number of hydrogen-bond donors (Lipinski definition) is 0. The summed E-state index contributed by atoms with van der Waals surface area (Å²) < 4.78 is 26.3. The van der Waals surface area contributed by atoms with Crippen LogP contribution in [0.25, 0.3) is 21.0 Å². The number of oxazole rings is 1. The summed E-state index contributed by atoms with van der Waals surface area (Å²) in [5, 5.41) is 0.344. The molecule has 5 aromatic rings. The van der Waals surface area contributed by atoms with Crippen LogP contribution in [0.5, 0.6) is 5.75 Å².